The Labute approximate surface area is 127 Å². The van der Waals surface area contributed by atoms with Gasteiger partial charge in [0.2, 0.25) is 0 Å². The number of benzene rings is 1. The van der Waals surface area contributed by atoms with Crippen LogP contribution in [-0.2, 0) is 0 Å². The monoisotopic (exact) mass is 342 g/mol. The van der Waals surface area contributed by atoms with E-state index in [1.165, 1.54) is 5.69 Å². The van der Waals surface area contributed by atoms with E-state index in [1.54, 1.807) is 0 Å². The lowest BCUT2D eigenvalue weighted by Gasteiger charge is -2.35. The largest absolute Gasteiger partial charge is 0.393 e. The second kappa shape index (κ2) is 6.20. The predicted octanol–water partition coefficient (Wildman–Crippen LogP) is 2.68. The van der Waals surface area contributed by atoms with E-state index in [4.69, 9.17) is 18.0 Å². The van der Waals surface area contributed by atoms with Crippen LogP contribution in [0.4, 0.5) is 5.69 Å². The average molecular weight is 343 g/mol. The number of anilines is 1. The second-order valence-corrected chi connectivity index (χ2v) is 6.39. The van der Waals surface area contributed by atoms with Gasteiger partial charge in [0.25, 0.3) is 0 Å². The zero-order chi connectivity index (χ0) is 14.0. The van der Waals surface area contributed by atoms with E-state index in [0.717, 1.165) is 36.0 Å². The van der Waals surface area contributed by atoms with Crippen molar-refractivity contribution in [2.24, 2.45) is 11.7 Å². The van der Waals surface area contributed by atoms with E-state index in [1.807, 2.05) is 13.0 Å². The van der Waals surface area contributed by atoms with Crippen molar-refractivity contribution in [3.63, 3.8) is 0 Å². The van der Waals surface area contributed by atoms with Gasteiger partial charge in [-0.2, -0.15) is 0 Å². The second-order valence-electron chi connectivity index (χ2n) is 5.09. The van der Waals surface area contributed by atoms with Gasteiger partial charge in [0, 0.05) is 28.8 Å². The van der Waals surface area contributed by atoms with Gasteiger partial charge in [-0.15, -0.1) is 0 Å². The summed E-state index contributed by atoms with van der Waals surface area (Å²) >= 11 is 8.52. The number of hydrogen-bond acceptors (Lipinski definition) is 3. The number of thiocarbonyl (C=S) groups is 1. The van der Waals surface area contributed by atoms with Crippen LogP contribution in [0, 0.1) is 5.92 Å². The fraction of sp³-hybridized carbons (Fsp3) is 0.500. The quantitative estimate of drug-likeness (QED) is 0.829. The molecule has 1 aliphatic rings. The van der Waals surface area contributed by atoms with Crippen LogP contribution in [0.3, 0.4) is 0 Å². The Bertz CT molecular complexity index is 471. The van der Waals surface area contributed by atoms with Crippen molar-refractivity contribution in [2.45, 2.75) is 25.9 Å². The van der Waals surface area contributed by atoms with Crippen molar-refractivity contribution in [2.75, 3.05) is 18.0 Å². The maximum absolute atomic E-state index is 9.62. The highest BCUT2D eigenvalue weighted by Gasteiger charge is 2.23. The molecule has 0 amide bonds. The summed E-state index contributed by atoms with van der Waals surface area (Å²) in [6, 6.07) is 6.08. The molecule has 1 fully saturated rings. The molecule has 1 aromatic rings. The first kappa shape index (κ1) is 14.8. The minimum Gasteiger partial charge on any atom is -0.393 e. The van der Waals surface area contributed by atoms with Crippen LogP contribution in [0.25, 0.3) is 0 Å². The fourth-order valence-electron chi connectivity index (χ4n) is 2.54. The van der Waals surface area contributed by atoms with Crippen molar-refractivity contribution in [3.8, 4) is 0 Å². The molecule has 5 heteroatoms. The third-order valence-electron chi connectivity index (χ3n) is 3.81. The van der Waals surface area contributed by atoms with Crippen LogP contribution in [-0.4, -0.2) is 29.3 Å². The van der Waals surface area contributed by atoms with Crippen LogP contribution in [0.2, 0.25) is 0 Å². The zero-order valence-electron chi connectivity index (χ0n) is 11.0. The highest BCUT2D eigenvalue weighted by molar-refractivity contribution is 9.10. The van der Waals surface area contributed by atoms with Gasteiger partial charge in [-0.3, -0.25) is 0 Å². The van der Waals surface area contributed by atoms with E-state index in [2.05, 4.69) is 33.0 Å². The molecule has 104 valence electrons. The Morgan fingerprint density at radius 1 is 1.47 bits per heavy atom. The number of aliphatic hydroxyl groups excluding tert-OH is 1. The number of nitrogens with zero attached hydrogens (tertiary/aromatic N) is 1. The van der Waals surface area contributed by atoms with Gasteiger partial charge >= 0.3 is 0 Å². The molecule has 1 unspecified atom stereocenters. The Morgan fingerprint density at radius 2 is 2.11 bits per heavy atom. The predicted molar refractivity (Wildman–Crippen MR) is 86.6 cm³/mol. The number of halogens is 1. The lowest BCUT2D eigenvalue weighted by molar-refractivity contribution is 0.110. The van der Waals surface area contributed by atoms with E-state index in [0.29, 0.717) is 10.9 Å². The Balaban J connectivity index is 2.08. The number of nitrogens with two attached hydrogens (primary N) is 1. The van der Waals surface area contributed by atoms with Gasteiger partial charge in [-0.05, 0) is 59.8 Å². The smallest absolute Gasteiger partial charge is 0.105 e. The van der Waals surface area contributed by atoms with Crippen molar-refractivity contribution in [1.82, 2.24) is 0 Å². The topological polar surface area (TPSA) is 49.5 Å². The number of aliphatic hydroxyl groups is 1. The van der Waals surface area contributed by atoms with Gasteiger partial charge in [0.1, 0.15) is 4.99 Å². The summed E-state index contributed by atoms with van der Waals surface area (Å²) in [6.45, 7) is 3.84. The number of rotatable bonds is 3. The third kappa shape index (κ3) is 3.46. The first-order valence-electron chi connectivity index (χ1n) is 6.51. The standard InChI is InChI=1S/C14H19BrN2OS/c1-9(18)10-4-6-17(7-5-10)11-2-3-12(14(16)19)13(15)8-11/h2-3,8-10,18H,4-7H2,1H3,(H2,16,19). The maximum Gasteiger partial charge on any atom is 0.105 e. The summed E-state index contributed by atoms with van der Waals surface area (Å²) in [6.07, 6.45) is 1.87. The summed E-state index contributed by atoms with van der Waals surface area (Å²) in [5.74, 6) is 0.426. The van der Waals surface area contributed by atoms with Crippen molar-refractivity contribution in [3.05, 3.63) is 28.2 Å². The minimum absolute atomic E-state index is 0.203. The molecular formula is C14H19BrN2OS. The molecule has 1 heterocycles. The normalized spacial score (nSPS) is 18.4. The Kier molecular flexibility index (Phi) is 4.81. The van der Waals surface area contributed by atoms with Gasteiger partial charge in [-0.1, -0.05) is 12.2 Å². The molecule has 3 N–H and O–H groups in total. The molecule has 1 saturated heterocycles. The van der Waals surface area contributed by atoms with Crippen LogP contribution < -0.4 is 10.6 Å². The summed E-state index contributed by atoms with van der Waals surface area (Å²) in [5.41, 5.74) is 7.70. The lowest BCUT2D eigenvalue weighted by atomic mass is 9.92. The minimum atomic E-state index is -0.203. The van der Waals surface area contributed by atoms with E-state index in [-0.39, 0.29) is 6.10 Å². The molecule has 0 bridgehead atoms. The highest BCUT2D eigenvalue weighted by Crippen LogP contribution is 2.28. The maximum atomic E-state index is 9.62. The molecule has 0 aliphatic carbocycles. The summed E-state index contributed by atoms with van der Waals surface area (Å²) in [5, 5.41) is 9.62. The molecule has 2 rings (SSSR count). The SMILES string of the molecule is CC(O)C1CCN(c2ccc(C(N)=S)c(Br)c2)CC1. The van der Waals surface area contributed by atoms with Crippen molar-refractivity contribution < 1.29 is 5.11 Å². The molecule has 3 nitrogen and oxygen atoms in total. The van der Waals surface area contributed by atoms with Gasteiger partial charge in [0.15, 0.2) is 0 Å². The van der Waals surface area contributed by atoms with E-state index < -0.39 is 0 Å². The average Bonchev–Trinajstić information content (AvgIpc) is 2.38. The van der Waals surface area contributed by atoms with Gasteiger partial charge in [-0.25, -0.2) is 0 Å². The van der Waals surface area contributed by atoms with Crippen LogP contribution in [0.1, 0.15) is 25.3 Å². The molecule has 1 aromatic carbocycles. The van der Waals surface area contributed by atoms with Gasteiger partial charge in [0.05, 0.1) is 6.10 Å². The van der Waals surface area contributed by atoms with Gasteiger partial charge < -0.3 is 15.7 Å². The molecule has 0 spiro atoms. The summed E-state index contributed by atoms with van der Waals surface area (Å²) in [4.78, 5) is 2.75. The molecule has 0 radical (unpaired) electrons. The molecule has 0 aromatic heterocycles. The molecule has 1 aliphatic heterocycles. The first-order valence-corrected chi connectivity index (χ1v) is 7.71. The Hall–Kier alpha value is -0.650. The first-order chi connectivity index (χ1) is 8.99. The zero-order valence-corrected chi connectivity index (χ0v) is 13.4. The van der Waals surface area contributed by atoms with Crippen LogP contribution >= 0.6 is 28.1 Å². The van der Waals surface area contributed by atoms with E-state index in [9.17, 15) is 5.11 Å². The highest BCUT2D eigenvalue weighted by atomic mass is 79.9. The summed E-state index contributed by atoms with van der Waals surface area (Å²) in [7, 11) is 0. The molecular weight excluding hydrogens is 324 g/mol. The number of hydrogen-bond donors (Lipinski definition) is 2. The fourth-order valence-corrected chi connectivity index (χ4v) is 3.43. The number of piperidine rings is 1. The molecule has 1 atom stereocenters. The van der Waals surface area contributed by atoms with Crippen LogP contribution in [0.15, 0.2) is 22.7 Å². The molecule has 19 heavy (non-hydrogen) atoms. The van der Waals surface area contributed by atoms with Crippen molar-refractivity contribution >= 4 is 38.8 Å². The summed E-state index contributed by atoms with van der Waals surface area (Å²) < 4.78 is 0.940. The van der Waals surface area contributed by atoms with Crippen LogP contribution in [0.5, 0.6) is 0 Å². The van der Waals surface area contributed by atoms with Crippen molar-refractivity contribution in [1.29, 1.82) is 0 Å². The Morgan fingerprint density at radius 3 is 2.58 bits per heavy atom. The third-order valence-corrected chi connectivity index (χ3v) is 4.68. The van der Waals surface area contributed by atoms with E-state index >= 15 is 0 Å². The molecule has 0 saturated carbocycles. The lowest BCUT2D eigenvalue weighted by Crippen LogP contribution is -2.37.